The largest absolute Gasteiger partial charge is 1.00 e. The Morgan fingerprint density at radius 3 is 2.38 bits per heavy atom. The standard InChI is InChI=1S/C8H5BF4NO.K/c10-7-3-6(4-14)1-2-8(7)15-5-9(11,12)13;/h1-3H,5H2;/q-1;+1. The number of nitrogens with zero attached hydrogens (tertiary/aromatic N) is 1. The van der Waals surface area contributed by atoms with Crippen LogP contribution in [0.1, 0.15) is 5.56 Å². The van der Waals surface area contributed by atoms with Crippen LogP contribution < -0.4 is 56.1 Å². The summed E-state index contributed by atoms with van der Waals surface area (Å²) in [6.45, 7) is -6.61. The Labute approximate surface area is 132 Å². The van der Waals surface area contributed by atoms with Gasteiger partial charge in [0, 0.05) is 0 Å². The molecule has 0 saturated heterocycles. The van der Waals surface area contributed by atoms with Crippen LogP contribution in [-0.4, -0.2) is 13.5 Å². The summed E-state index contributed by atoms with van der Waals surface area (Å²) in [6.07, 6.45) is 0. The third kappa shape index (κ3) is 5.32. The van der Waals surface area contributed by atoms with Gasteiger partial charge in [-0.15, -0.1) is 0 Å². The smallest absolute Gasteiger partial charge is 0.519 e. The number of rotatable bonds is 3. The number of nitriles is 1. The molecule has 0 aromatic heterocycles. The molecule has 0 unspecified atom stereocenters. The molecular formula is C8H5BF4KNO. The zero-order chi connectivity index (χ0) is 11.5. The minimum atomic E-state index is -5.11. The van der Waals surface area contributed by atoms with Crippen LogP contribution in [0.4, 0.5) is 17.3 Å². The van der Waals surface area contributed by atoms with Crippen molar-refractivity contribution in [3.8, 4) is 11.8 Å². The predicted molar refractivity (Wildman–Crippen MR) is 45.7 cm³/mol. The maximum absolute atomic E-state index is 13.0. The molecule has 2 nitrogen and oxygen atoms in total. The van der Waals surface area contributed by atoms with Crippen LogP contribution in [0.25, 0.3) is 0 Å². The number of benzene rings is 1. The molecule has 0 fully saturated rings. The molecule has 0 amide bonds. The molecule has 0 aliphatic heterocycles. The van der Waals surface area contributed by atoms with Gasteiger partial charge in [-0.3, -0.25) is 0 Å². The van der Waals surface area contributed by atoms with Crippen molar-refractivity contribution in [3.05, 3.63) is 29.6 Å². The van der Waals surface area contributed by atoms with Gasteiger partial charge in [0.1, 0.15) is 0 Å². The van der Waals surface area contributed by atoms with E-state index in [2.05, 4.69) is 4.74 Å². The van der Waals surface area contributed by atoms with Crippen LogP contribution in [0.2, 0.25) is 0 Å². The average Bonchev–Trinajstić information content (AvgIpc) is 2.14. The minimum Gasteiger partial charge on any atom is -0.519 e. The first-order valence-electron chi connectivity index (χ1n) is 3.96. The third-order valence-electron chi connectivity index (χ3n) is 1.49. The molecule has 8 heteroatoms. The fourth-order valence-electron chi connectivity index (χ4n) is 0.872. The quantitative estimate of drug-likeness (QED) is 0.538. The van der Waals surface area contributed by atoms with Crippen molar-refractivity contribution >= 4 is 6.98 Å². The molecule has 0 saturated carbocycles. The van der Waals surface area contributed by atoms with Crippen LogP contribution >= 0.6 is 0 Å². The normalized spacial score (nSPS) is 10.2. The topological polar surface area (TPSA) is 33.0 Å². The van der Waals surface area contributed by atoms with Crippen LogP contribution in [-0.2, 0) is 0 Å². The molecule has 0 atom stereocenters. The second kappa shape index (κ2) is 6.61. The Morgan fingerprint density at radius 2 is 1.94 bits per heavy atom. The summed E-state index contributed by atoms with van der Waals surface area (Å²) < 4.78 is 52.5. The van der Waals surface area contributed by atoms with E-state index in [9.17, 15) is 17.3 Å². The molecule has 0 spiro atoms. The summed E-state index contributed by atoms with van der Waals surface area (Å²) in [5.41, 5.74) is 0.0253. The Hall–Kier alpha value is -0.0687. The van der Waals surface area contributed by atoms with Crippen molar-refractivity contribution in [2.75, 3.05) is 6.51 Å². The molecule has 0 radical (unpaired) electrons. The molecule has 0 aliphatic rings. The van der Waals surface area contributed by atoms with Crippen LogP contribution in [0.5, 0.6) is 5.75 Å². The summed E-state index contributed by atoms with van der Waals surface area (Å²) >= 11 is 0. The van der Waals surface area contributed by atoms with Gasteiger partial charge >= 0.3 is 58.4 Å². The van der Waals surface area contributed by atoms with Crippen molar-refractivity contribution in [2.24, 2.45) is 0 Å². The second-order valence-corrected chi connectivity index (χ2v) is 2.78. The van der Waals surface area contributed by atoms with Gasteiger partial charge in [-0.25, -0.2) is 4.39 Å². The van der Waals surface area contributed by atoms with Crippen molar-refractivity contribution in [1.29, 1.82) is 5.26 Å². The Morgan fingerprint density at radius 1 is 1.31 bits per heavy atom. The number of hydrogen-bond donors (Lipinski definition) is 0. The van der Waals surface area contributed by atoms with Crippen molar-refractivity contribution in [3.63, 3.8) is 0 Å². The molecule has 0 heterocycles. The summed E-state index contributed by atoms with van der Waals surface area (Å²) in [5, 5.41) is 8.38. The van der Waals surface area contributed by atoms with E-state index in [4.69, 9.17) is 5.26 Å². The van der Waals surface area contributed by atoms with E-state index in [1.54, 1.807) is 6.07 Å². The Kier molecular flexibility index (Phi) is 6.59. The van der Waals surface area contributed by atoms with Gasteiger partial charge in [0.2, 0.25) is 0 Å². The van der Waals surface area contributed by atoms with E-state index in [0.29, 0.717) is 0 Å². The average molecular weight is 257 g/mol. The van der Waals surface area contributed by atoms with Gasteiger partial charge < -0.3 is 17.7 Å². The Balaban J connectivity index is 0.00000225. The molecule has 16 heavy (non-hydrogen) atoms. The van der Waals surface area contributed by atoms with Gasteiger partial charge in [0.25, 0.3) is 0 Å². The number of hydrogen-bond acceptors (Lipinski definition) is 2. The molecule has 80 valence electrons. The first kappa shape index (κ1) is 15.9. The summed E-state index contributed by atoms with van der Waals surface area (Å²) in [7, 11) is 0. The fourth-order valence-corrected chi connectivity index (χ4v) is 0.872. The zero-order valence-corrected chi connectivity index (χ0v) is 11.5. The van der Waals surface area contributed by atoms with Crippen molar-refractivity contribution in [1.82, 2.24) is 0 Å². The van der Waals surface area contributed by atoms with E-state index in [-0.39, 0.29) is 56.9 Å². The van der Waals surface area contributed by atoms with Gasteiger partial charge in [0.15, 0.2) is 11.6 Å². The zero-order valence-electron chi connectivity index (χ0n) is 8.38. The van der Waals surface area contributed by atoms with Gasteiger partial charge in [-0.1, -0.05) is 0 Å². The SMILES string of the molecule is N#Cc1ccc(OC[B-](F)(F)F)c(F)c1.[K+]. The molecule has 0 bridgehead atoms. The van der Waals surface area contributed by atoms with E-state index < -0.39 is 25.1 Å². The number of ether oxygens (including phenoxy) is 1. The molecule has 1 aromatic carbocycles. The summed E-state index contributed by atoms with van der Waals surface area (Å²) in [4.78, 5) is 0. The molecule has 1 rings (SSSR count). The fraction of sp³-hybridized carbons (Fsp3) is 0.125. The first-order chi connectivity index (χ1) is 6.92. The maximum Gasteiger partial charge on any atom is 1.00 e. The summed E-state index contributed by atoms with van der Waals surface area (Å²) in [6, 6.07) is 4.65. The van der Waals surface area contributed by atoms with Gasteiger partial charge in [0.05, 0.1) is 18.1 Å². The summed E-state index contributed by atoms with van der Waals surface area (Å²) in [5.74, 6) is -1.48. The molecule has 0 aliphatic carbocycles. The monoisotopic (exact) mass is 257 g/mol. The van der Waals surface area contributed by atoms with Crippen molar-refractivity contribution < 1.29 is 73.5 Å². The van der Waals surface area contributed by atoms with E-state index in [0.717, 1.165) is 12.1 Å². The third-order valence-corrected chi connectivity index (χ3v) is 1.49. The van der Waals surface area contributed by atoms with E-state index in [1.165, 1.54) is 6.07 Å². The van der Waals surface area contributed by atoms with Gasteiger partial charge in [-0.2, -0.15) is 5.26 Å². The first-order valence-corrected chi connectivity index (χ1v) is 3.96. The van der Waals surface area contributed by atoms with Crippen LogP contribution in [0.3, 0.4) is 0 Å². The molecular weight excluding hydrogens is 252 g/mol. The predicted octanol–water partition coefficient (Wildman–Crippen LogP) is -0.533. The van der Waals surface area contributed by atoms with E-state index in [1.807, 2.05) is 0 Å². The minimum absolute atomic E-state index is 0. The number of halogens is 4. The Bertz CT molecular complexity index is 404. The molecule has 1 aromatic rings. The van der Waals surface area contributed by atoms with Crippen LogP contribution in [0.15, 0.2) is 18.2 Å². The molecule has 0 N–H and O–H groups in total. The van der Waals surface area contributed by atoms with Crippen molar-refractivity contribution in [2.45, 2.75) is 0 Å². The van der Waals surface area contributed by atoms with E-state index >= 15 is 0 Å². The maximum atomic E-state index is 13.0. The van der Waals surface area contributed by atoms with Crippen LogP contribution in [0, 0.1) is 17.1 Å². The second-order valence-electron chi connectivity index (χ2n) is 2.78. The van der Waals surface area contributed by atoms with Gasteiger partial charge in [-0.05, 0) is 18.2 Å².